The largest absolute Gasteiger partial charge is 0.363 e. The van der Waals surface area contributed by atoms with Gasteiger partial charge < -0.3 is 16.0 Å². The van der Waals surface area contributed by atoms with Crippen LogP contribution in [0, 0.1) is 0 Å². The molecule has 21 heavy (non-hydrogen) atoms. The van der Waals surface area contributed by atoms with E-state index in [4.69, 9.17) is 0 Å². The van der Waals surface area contributed by atoms with Crippen LogP contribution in [0.25, 0.3) is 10.8 Å². The van der Waals surface area contributed by atoms with Gasteiger partial charge >= 0.3 is 0 Å². The summed E-state index contributed by atoms with van der Waals surface area (Å²) in [5.74, 6) is 0. The summed E-state index contributed by atoms with van der Waals surface area (Å²) in [5, 5.41) is 13.2. The Labute approximate surface area is 132 Å². The molecular formula is C17H18BrN3. The number of fused-ring (bicyclic) bond motifs is 1. The molecule has 2 aliphatic rings. The van der Waals surface area contributed by atoms with Crippen molar-refractivity contribution in [2.24, 2.45) is 0 Å². The van der Waals surface area contributed by atoms with Crippen molar-refractivity contribution < 1.29 is 0 Å². The zero-order valence-corrected chi connectivity index (χ0v) is 13.3. The van der Waals surface area contributed by atoms with Gasteiger partial charge in [-0.2, -0.15) is 0 Å². The van der Waals surface area contributed by atoms with Crippen molar-refractivity contribution in [1.29, 1.82) is 0 Å². The van der Waals surface area contributed by atoms with E-state index < -0.39 is 0 Å². The lowest BCUT2D eigenvalue weighted by molar-refractivity contribution is 0.263. The van der Waals surface area contributed by atoms with E-state index in [1.54, 1.807) is 0 Å². The van der Waals surface area contributed by atoms with Crippen LogP contribution in [-0.2, 0) is 5.66 Å². The maximum atomic E-state index is 3.62. The van der Waals surface area contributed by atoms with Crippen LogP contribution in [0.5, 0.6) is 0 Å². The third-order valence-corrected chi connectivity index (χ3v) is 5.04. The molecule has 108 valence electrons. The van der Waals surface area contributed by atoms with Crippen LogP contribution < -0.4 is 16.0 Å². The van der Waals surface area contributed by atoms with Crippen molar-refractivity contribution in [3.05, 3.63) is 58.8 Å². The molecule has 3 N–H and O–H groups in total. The second-order valence-corrected chi connectivity index (χ2v) is 6.70. The maximum absolute atomic E-state index is 3.62. The number of rotatable bonds is 2. The summed E-state index contributed by atoms with van der Waals surface area (Å²) >= 11 is 3.54. The Bertz CT molecular complexity index is 696. The fourth-order valence-electron chi connectivity index (χ4n) is 3.47. The third kappa shape index (κ3) is 2.14. The Hall–Kier alpha value is -1.52. The summed E-state index contributed by atoms with van der Waals surface area (Å²) in [6.07, 6.45) is 6.42. The molecular weight excluding hydrogens is 326 g/mol. The number of nitrogens with one attached hydrogen (secondary N) is 3. The second kappa shape index (κ2) is 5.04. The fraction of sp³-hybridized carbons (Fsp3) is 0.294. The van der Waals surface area contributed by atoms with Gasteiger partial charge in [-0.3, -0.25) is 0 Å². The molecule has 0 aliphatic carbocycles. The lowest BCUT2D eigenvalue weighted by Gasteiger charge is -2.37. The maximum Gasteiger partial charge on any atom is 0.149 e. The van der Waals surface area contributed by atoms with Gasteiger partial charge in [-0.25, -0.2) is 0 Å². The number of halogens is 1. The van der Waals surface area contributed by atoms with Gasteiger partial charge in [-0.1, -0.05) is 34.1 Å². The minimum atomic E-state index is -0.224. The van der Waals surface area contributed by atoms with Crippen LogP contribution >= 0.6 is 15.9 Å². The summed E-state index contributed by atoms with van der Waals surface area (Å²) in [6, 6.07) is 13.5. The molecule has 2 heterocycles. The predicted octanol–water partition coefficient (Wildman–Crippen LogP) is 3.17. The van der Waals surface area contributed by atoms with Crippen molar-refractivity contribution in [1.82, 2.24) is 16.0 Å². The zero-order chi connectivity index (χ0) is 14.3. The fourth-order valence-corrected chi connectivity index (χ4v) is 3.85. The minimum Gasteiger partial charge on any atom is -0.363 e. The Morgan fingerprint density at radius 3 is 2.52 bits per heavy atom. The molecule has 2 aromatic carbocycles. The quantitative estimate of drug-likeness (QED) is 0.783. The molecule has 0 spiro atoms. The molecule has 0 radical (unpaired) electrons. The van der Waals surface area contributed by atoms with Crippen molar-refractivity contribution in [3.8, 4) is 0 Å². The minimum absolute atomic E-state index is 0.224. The first-order chi connectivity index (χ1) is 10.3. The summed E-state index contributed by atoms with van der Waals surface area (Å²) in [4.78, 5) is 0. The highest BCUT2D eigenvalue weighted by Gasteiger charge is 2.42. The molecule has 1 fully saturated rings. The summed E-state index contributed by atoms with van der Waals surface area (Å²) < 4.78 is 1.12. The van der Waals surface area contributed by atoms with E-state index in [9.17, 15) is 0 Å². The van der Waals surface area contributed by atoms with Crippen molar-refractivity contribution >= 4 is 26.7 Å². The molecule has 0 aromatic heterocycles. The number of hydrogen-bond acceptors (Lipinski definition) is 3. The monoisotopic (exact) mass is 343 g/mol. The first kappa shape index (κ1) is 13.2. The molecule has 0 saturated carbocycles. The Morgan fingerprint density at radius 2 is 1.76 bits per heavy atom. The highest BCUT2D eigenvalue weighted by atomic mass is 79.9. The van der Waals surface area contributed by atoms with Gasteiger partial charge in [0.25, 0.3) is 0 Å². The Morgan fingerprint density at radius 1 is 1.00 bits per heavy atom. The van der Waals surface area contributed by atoms with Gasteiger partial charge in [0.2, 0.25) is 0 Å². The first-order valence-electron chi connectivity index (χ1n) is 7.41. The molecule has 0 bridgehead atoms. The van der Waals surface area contributed by atoms with E-state index in [0.717, 1.165) is 11.0 Å². The smallest absolute Gasteiger partial charge is 0.149 e. The van der Waals surface area contributed by atoms with Crippen LogP contribution in [0.4, 0.5) is 0 Å². The van der Waals surface area contributed by atoms with E-state index in [-0.39, 0.29) is 5.66 Å². The van der Waals surface area contributed by atoms with Crippen LogP contribution in [0.15, 0.2) is 53.3 Å². The Balaban J connectivity index is 1.80. The Kier molecular flexibility index (Phi) is 3.16. The van der Waals surface area contributed by atoms with E-state index >= 15 is 0 Å². The lowest BCUT2D eigenvalue weighted by atomic mass is 9.89. The predicted molar refractivity (Wildman–Crippen MR) is 89.8 cm³/mol. The SMILES string of the molecule is Brc1ccc2cc(C3(C4CCCN4)NC=CN3)ccc2c1. The lowest BCUT2D eigenvalue weighted by Crippen LogP contribution is -2.58. The summed E-state index contributed by atoms with van der Waals surface area (Å²) in [7, 11) is 0. The highest BCUT2D eigenvalue weighted by molar-refractivity contribution is 9.10. The molecule has 2 aromatic rings. The van der Waals surface area contributed by atoms with E-state index in [0.29, 0.717) is 6.04 Å². The average molecular weight is 344 g/mol. The molecule has 3 nitrogen and oxygen atoms in total. The molecule has 2 aliphatic heterocycles. The van der Waals surface area contributed by atoms with Gasteiger partial charge in [0.1, 0.15) is 5.66 Å². The molecule has 1 atom stereocenters. The summed E-state index contributed by atoms with van der Waals surface area (Å²) in [5.41, 5.74) is 1.05. The van der Waals surface area contributed by atoms with Gasteiger partial charge in [0.15, 0.2) is 0 Å². The van der Waals surface area contributed by atoms with Crippen LogP contribution in [0.1, 0.15) is 18.4 Å². The highest BCUT2D eigenvalue weighted by Crippen LogP contribution is 2.32. The number of hydrogen-bond donors (Lipinski definition) is 3. The van der Waals surface area contributed by atoms with E-state index in [2.05, 4.69) is 68.3 Å². The third-order valence-electron chi connectivity index (χ3n) is 4.55. The van der Waals surface area contributed by atoms with Crippen LogP contribution in [0.3, 0.4) is 0 Å². The first-order valence-corrected chi connectivity index (χ1v) is 8.21. The van der Waals surface area contributed by atoms with Crippen molar-refractivity contribution in [3.63, 3.8) is 0 Å². The topological polar surface area (TPSA) is 36.1 Å². The number of benzene rings is 2. The van der Waals surface area contributed by atoms with Crippen LogP contribution in [0.2, 0.25) is 0 Å². The standard InChI is InChI=1S/C17H18BrN3/c18-15-6-4-12-10-14(5-3-13(12)11-15)17(20-8-9-21-17)16-2-1-7-19-16/h3-6,8-11,16,19-21H,1-2,7H2. The second-order valence-electron chi connectivity index (χ2n) is 5.79. The molecule has 4 rings (SSSR count). The van der Waals surface area contributed by atoms with E-state index in [1.807, 2.05) is 12.4 Å². The normalized spacial score (nSPS) is 23.2. The van der Waals surface area contributed by atoms with E-state index in [1.165, 1.54) is 29.2 Å². The van der Waals surface area contributed by atoms with Gasteiger partial charge in [-0.05, 0) is 53.9 Å². The van der Waals surface area contributed by atoms with Gasteiger partial charge in [0.05, 0.1) is 6.04 Å². The molecule has 1 saturated heterocycles. The van der Waals surface area contributed by atoms with Crippen LogP contribution in [-0.4, -0.2) is 12.6 Å². The summed E-state index contributed by atoms with van der Waals surface area (Å²) in [6.45, 7) is 1.09. The molecule has 1 unspecified atom stereocenters. The van der Waals surface area contributed by atoms with Gasteiger partial charge in [-0.15, -0.1) is 0 Å². The van der Waals surface area contributed by atoms with Gasteiger partial charge in [0, 0.05) is 16.9 Å². The molecule has 4 heteroatoms. The van der Waals surface area contributed by atoms with Crippen molar-refractivity contribution in [2.45, 2.75) is 24.5 Å². The average Bonchev–Trinajstić information content (AvgIpc) is 3.18. The molecule has 0 amide bonds. The van der Waals surface area contributed by atoms with Crippen molar-refractivity contribution in [2.75, 3.05) is 6.54 Å². The zero-order valence-electron chi connectivity index (χ0n) is 11.7.